The largest absolute Gasteiger partial charge is 0.494 e. The van der Waals surface area contributed by atoms with Crippen molar-refractivity contribution in [1.82, 2.24) is 9.97 Å². The van der Waals surface area contributed by atoms with Crippen molar-refractivity contribution in [2.45, 2.75) is 19.4 Å². The summed E-state index contributed by atoms with van der Waals surface area (Å²) in [5, 5.41) is 17.9. The Hall–Kier alpha value is -4.72. The van der Waals surface area contributed by atoms with Crippen molar-refractivity contribution in [2.75, 3.05) is 6.61 Å². The van der Waals surface area contributed by atoms with Crippen LogP contribution in [0.5, 0.6) is 11.6 Å². The molecule has 37 heavy (non-hydrogen) atoms. The SMILES string of the molecule is O=C(O)C(CCCOc1ccc(-c2nc(OCc3ccccc3)cc(-c3ccccc3)n2)cc1)C(=O)O. The summed E-state index contributed by atoms with van der Waals surface area (Å²) in [7, 11) is 0. The van der Waals surface area contributed by atoms with Crippen LogP contribution in [-0.2, 0) is 16.2 Å². The van der Waals surface area contributed by atoms with Crippen LogP contribution < -0.4 is 9.47 Å². The van der Waals surface area contributed by atoms with Crippen molar-refractivity contribution in [3.05, 3.63) is 96.6 Å². The van der Waals surface area contributed by atoms with Crippen LogP contribution in [0.4, 0.5) is 0 Å². The standard InChI is InChI=1S/C29H26N2O6/c32-28(33)24(29(34)35)12-7-17-36-23-15-13-22(14-16-23)27-30-25(21-10-5-2-6-11-21)18-26(31-27)37-19-20-8-3-1-4-9-20/h1-6,8-11,13-16,18,24H,7,12,17,19H2,(H,32,33)(H,34,35). The summed E-state index contributed by atoms with van der Waals surface area (Å²) in [4.78, 5) is 31.3. The Labute approximate surface area is 214 Å². The third-order valence-electron chi connectivity index (χ3n) is 5.62. The average molecular weight is 499 g/mol. The van der Waals surface area contributed by atoms with Gasteiger partial charge in [-0.1, -0.05) is 60.7 Å². The van der Waals surface area contributed by atoms with E-state index in [-0.39, 0.29) is 13.0 Å². The van der Waals surface area contributed by atoms with Crippen molar-refractivity contribution in [1.29, 1.82) is 0 Å². The van der Waals surface area contributed by atoms with Crippen molar-refractivity contribution < 1.29 is 29.3 Å². The van der Waals surface area contributed by atoms with Gasteiger partial charge in [0.25, 0.3) is 0 Å². The van der Waals surface area contributed by atoms with Crippen molar-refractivity contribution in [3.8, 4) is 34.3 Å². The molecule has 0 saturated carbocycles. The Morgan fingerprint density at radius 1 is 0.757 bits per heavy atom. The number of benzene rings is 3. The smallest absolute Gasteiger partial charge is 0.317 e. The first-order valence-corrected chi connectivity index (χ1v) is 11.8. The van der Waals surface area contributed by atoms with Crippen molar-refractivity contribution in [3.63, 3.8) is 0 Å². The molecule has 0 aliphatic carbocycles. The minimum atomic E-state index is -1.43. The summed E-state index contributed by atoms with van der Waals surface area (Å²) < 4.78 is 11.7. The van der Waals surface area contributed by atoms with Crippen LogP contribution in [0.25, 0.3) is 22.6 Å². The molecule has 0 aliphatic heterocycles. The minimum absolute atomic E-state index is 0.00533. The van der Waals surface area contributed by atoms with E-state index in [1.54, 1.807) is 12.1 Å². The van der Waals surface area contributed by atoms with Crippen molar-refractivity contribution >= 4 is 11.9 Å². The van der Waals surface area contributed by atoms with E-state index in [1.807, 2.05) is 78.9 Å². The minimum Gasteiger partial charge on any atom is -0.494 e. The lowest BCUT2D eigenvalue weighted by molar-refractivity contribution is -0.154. The molecule has 1 heterocycles. The molecule has 0 amide bonds. The fourth-order valence-corrected chi connectivity index (χ4v) is 3.65. The maximum Gasteiger partial charge on any atom is 0.317 e. The number of carbonyl (C=O) groups is 2. The molecule has 2 N–H and O–H groups in total. The zero-order valence-corrected chi connectivity index (χ0v) is 20.0. The molecule has 0 bridgehead atoms. The molecule has 8 heteroatoms. The van der Waals surface area contributed by atoms with Crippen LogP contribution in [0, 0.1) is 5.92 Å². The molecule has 188 valence electrons. The molecule has 0 radical (unpaired) electrons. The quantitative estimate of drug-likeness (QED) is 0.199. The van der Waals surface area contributed by atoms with Gasteiger partial charge in [0.1, 0.15) is 12.4 Å². The number of rotatable bonds is 12. The molecule has 0 atom stereocenters. The highest BCUT2D eigenvalue weighted by Gasteiger charge is 2.24. The highest BCUT2D eigenvalue weighted by Crippen LogP contribution is 2.27. The highest BCUT2D eigenvalue weighted by molar-refractivity contribution is 5.92. The maximum absolute atomic E-state index is 11.0. The predicted octanol–water partition coefficient (Wildman–Crippen LogP) is 5.33. The molecule has 0 unspecified atom stereocenters. The number of nitrogens with zero attached hydrogens (tertiary/aromatic N) is 2. The number of hydrogen-bond acceptors (Lipinski definition) is 6. The topological polar surface area (TPSA) is 119 Å². The van der Waals surface area contributed by atoms with Crippen LogP contribution in [-0.4, -0.2) is 38.7 Å². The Balaban J connectivity index is 1.47. The zero-order chi connectivity index (χ0) is 26.0. The third-order valence-corrected chi connectivity index (χ3v) is 5.62. The summed E-state index contributed by atoms with van der Waals surface area (Å²) in [5.74, 6) is -2.59. The molecule has 1 aromatic heterocycles. The van der Waals surface area contributed by atoms with Crippen LogP contribution >= 0.6 is 0 Å². The number of carboxylic acid groups (broad SMARTS) is 2. The molecule has 4 aromatic rings. The van der Waals surface area contributed by atoms with Gasteiger partial charge < -0.3 is 19.7 Å². The van der Waals surface area contributed by atoms with E-state index in [4.69, 9.17) is 24.7 Å². The Morgan fingerprint density at radius 2 is 1.41 bits per heavy atom. The first-order valence-electron chi connectivity index (χ1n) is 11.8. The fourth-order valence-electron chi connectivity index (χ4n) is 3.65. The maximum atomic E-state index is 11.0. The van der Waals surface area contributed by atoms with Gasteiger partial charge in [-0.2, -0.15) is 4.98 Å². The molecule has 0 aliphatic rings. The Morgan fingerprint density at radius 3 is 2.05 bits per heavy atom. The Kier molecular flexibility index (Phi) is 8.44. The van der Waals surface area contributed by atoms with Gasteiger partial charge in [-0.25, -0.2) is 4.98 Å². The zero-order valence-electron chi connectivity index (χ0n) is 20.0. The van der Waals surface area contributed by atoms with Gasteiger partial charge in [-0.3, -0.25) is 9.59 Å². The lowest BCUT2D eigenvalue weighted by Gasteiger charge is -2.11. The average Bonchev–Trinajstić information content (AvgIpc) is 2.92. The lowest BCUT2D eigenvalue weighted by Crippen LogP contribution is -2.23. The van der Waals surface area contributed by atoms with Crippen LogP contribution in [0.15, 0.2) is 91.0 Å². The van der Waals surface area contributed by atoms with E-state index in [1.165, 1.54) is 0 Å². The van der Waals surface area contributed by atoms with E-state index < -0.39 is 17.9 Å². The number of carboxylic acids is 2. The summed E-state index contributed by atoms with van der Waals surface area (Å²) in [5.41, 5.74) is 3.48. The van der Waals surface area contributed by atoms with Gasteiger partial charge in [0.2, 0.25) is 5.88 Å². The summed E-state index contributed by atoms with van der Waals surface area (Å²) in [6.45, 7) is 0.580. The van der Waals surface area contributed by atoms with Crippen molar-refractivity contribution in [2.24, 2.45) is 5.92 Å². The number of hydrogen-bond donors (Lipinski definition) is 2. The molecule has 0 spiro atoms. The second kappa shape index (κ2) is 12.3. The van der Waals surface area contributed by atoms with Gasteiger partial charge in [-0.15, -0.1) is 0 Å². The molecule has 3 aromatic carbocycles. The number of aromatic nitrogens is 2. The number of aliphatic carboxylic acids is 2. The Bertz CT molecular complexity index is 1310. The number of ether oxygens (including phenoxy) is 2. The fraction of sp³-hybridized carbons (Fsp3) is 0.172. The normalized spacial score (nSPS) is 10.7. The first kappa shape index (κ1) is 25.4. The second-order valence-corrected chi connectivity index (χ2v) is 8.30. The first-order chi connectivity index (χ1) is 18.0. The van der Waals surface area contributed by atoms with Crippen LogP contribution in [0.2, 0.25) is 0 Å². The third kappa shape index (κ3) is 7.14. The second-order valence-electron chi connectivity index (χ2n) is 8.30. The summed E-state index contributed by atoms with van der Waals surface area (Å²) >= 11 is 0. The van der Waals surface area contributed by atoms with E-state index in [0.717, 1.165) is 22.4 Å². The van der Waals surface area contributed by atoms with E-state index in [0.29, 0.717) is 30.5 Å². The van der Waals surface area contributed by atoms with Crippen LogP contribution in [0.3, 0.4) is 0 Å². The van der Waals surface area contributed by atoms with Gasteiger partial charge in [0.15, 0.2) is 11.7 Å². The molecule has 0 fully saturated rings. The van der Waals surface area contributed by atoms with Crippen LogP contribution in [0.1, 0.15) is 18.4 Å². The van der Waals surface area contributed by atoms with Gasteiger partial charge in [-0.05, 0) is 42.7 Å². The molecular formula is C29H26N2O6. The molecule has 0 saturated heterocycles. The molecule has 4 rings (SSSR count). The predicted molar refractivity (Wildman–Crippen MR) is 137 cm³/mol. The monoisotopic (exact) mass is 498 g/mol. The van der Waals surface area contributed by atoms with E-state index in [2.05, 4.69) is 4.98 Å². The van der Waals surface area contributed by atoms with Gasteiger partial charge in [0, 0.05) is 17.2 Å². The molecule has 8 nitrogen and oxygen atoms in total. The summed E-state index contributed by atoms with van der Waals surface area (Å²) in [6, 6.07) is 28.7. The van der Waals surface area contributed by atoms with E-state index >= 15 is 0 Å². The van der Waals surface area contributed by atoms with Gasteiger partial charge >= 0.3 is 11.9 Å². The van der Waals surface area contributed by atoms with Gasteiger partial charge in [0.05, 0.1) is 12.3 Å². The summed E-state index contributed by atoms with van der Waals surface area (Å²) in [6.07, 6.45) is 0.296. The molecular weight excluding hydrogens is 472 g/mol. The highest BCUT2D eigenvalue weighted by atomic mass is 16.5. The lowest BCUT2D eigenvalue weighted by atomic mass is 10.0. The van der Waals surface area contributed by atoms with E-state index in [9.17, 15) is 9.59 Å².